The Kier molecular flexibility index (Phi) is 3.78. The van der Waals surface area contributed by atoms with E-state index in [9.17, 15) is 0 Å². The fourth-order valence-corrected chi connectivity index (χ4v) is 2.26. The number of aryl methyl sites for hydroxylation is 1. The number of allylic oxidation sites excluding steroid dienone is 1. The van der Waals surface area contributed by atoms with E-state index in [-0.39, 0.29) is 6.04 Å². The van der Waals surface area contributed by atoms with Crippen LogP contribution in [0.15, 0.2) is 42.0 Å². The van der Waals surface area contributed by atoms with Crippen LogP contribution in [0.2, 0.25) is 0 Å². The summed E-state index contributed by atoms with van der Waals surface area (Å²) < 4.78 is 0. The van der Waals surface area contributed by atoms with E-state index < -0.39 is 0 Å². The summed E-state index contributed by atoms with van der Waals surface area (Å²) in [6.07, 6.45) is 2.25. The fourth-order valence-electron chi connectivity index (χ4n) is 2.26. The molecule has 0 radical (unpaired) electrons. The summed E-state index contributed by atoms with van der Waals surface area (Å²) >= 11 is 0. The first-order chi connectivity index (χ1) is 8.61. The van der Waals surface area contributed by atoms with Crippen molar-refractivity contribution in [1.29, 1.82) is 0 Å². The number of aromatic nitrogens is 1. The van der Waals surface area contributed by atoms with Crippen molar-refractivity contribution in [1.82, 2.24) is 10.3 Å². The second kappa shape index (κ2) is 5.32. The van der Waals surface area contributed by atoms with Crippen LogP contribution in [0.5, 0.6) is 0 Å². The maximum absolute atomic E-state index is 4.58. The normalized spacial score (nSPS) is 12.4. The van der Waals surface area contributed by atoms with Crippen LogP contribution in [0.25, 0.3) is 10.9 Å². The average Bonchev–Trinajstić information content (AvgIpc) is 2.34. The molecule has 1 N–H and O–H groups in total. The summed E-state index contributed by atoms with van der Waals surface area (Å²) in [5, 5.41) is 4.59. The predicted octanol–water partition coefficient (Wildman–Crippen LogP) is 3.77. The van der Waals surface area contributed by atoms with Crippen LogP contribution in [0.1, 0.15) is 31.1 Å². The molecule has 1 aromatic carbocycles. The van der Waals surface area contributed by atoms with E-state index in [1.54, 1.807) is 0 Å². The highest BCUT2D eigenvalue weighted by Crippen LogP contribution is 2.25. The molecule has 0 aliphatic rings. The monoisotopic (exact) mass is 240 g/mol. The number of fused-ring (bicyclic) bond motifs is 1. The number of nitrogens with zero attached hydrogens (tertiary/aromatic N) is 1. The molecule has 0 bridgehead atoms. The first-order valence-corrected chi connectivity index (χ1v) is 6.30. The summed E-state index contributed by atoms with van der Waals surface area (Å²) in [5.41, 5.74) is 4.73. The molecule has 0 aliphatic heterocycles. The number of nitrogens with one attached hydrogen (secondary N) is 1. The van der Waals surface area contributed by atoms with E-state index in [1.165, 1.54) is 16.5 Å². The van der Waals surface area contributed by atoms with Crippen molar-refractivity contribution in [2.45, 2.75) is 26.8 Å². The van der Waals surface area contributed by atoms with E-state index >= 15 is 0 Å². The maximum atomic E-state index is 4.58. The van der Waals surface area contributed by atoms with Crippen molar-refractivity contribution >= 4 is 10.9 Å². The van der Waals surface area contributed by atoms with Gasteiger partial charge in [0.05, 0.1) is 11.6 Å². The highest BCUT2D eigenvalue weighted by molar-refractivity contribution is 5.83. The number of hydrogen-bond donors (Lipinski definition) is 1. The molecule has 0 amide bonds. The van der Waals surface area contributed by atoms with Gasteiger partial charge in [0.1, 0.15) is 0 Å². The van der Waals surface area contributed by atoms with E-state index in [4.69, 9.17) is 0 Å². The van der Waals surface area contributed by atoms with Gasteiger partial charge < -0.3 is 5.32 Å². The zero-order chi connectivity index (χ0) is 13.1. The molecule has 0 saturated carbocycles. The van der Waals surface area contributed by atoms with Gasteiger partial charge in [-0.2, -0.15) is 0 Å². The van der Waals surface area contributed by atoms with Crippen LogP contribution in [-0.2, 0) is 0 Å². The smallest absolute Gasteiger partial charge is 0.0708 e. The van der Waals surface area contributed by atoms with Crippen LogP contribution in [0.3, 0.4) is 0 Å². The summed E-state index contributed by atoms with van der Waals surface area (Å²) in [6, 6.07) is 10.7. The lowest BCUT2D eigenvalue weighted by molar-refractivity contribution is 0.713. The molecule has 1 atom stereocenters. The molecule has 2 heteroatoms. The van der Waals surface area contributed by atoms with Crippen molar-refractivity contribution in [3.05, 3.63) is 53.2 Å². The zero-order valence-corrected chi connectivity index (χ0v) is 11.5. The Morgan fingerprint density at radius 1 is 1.28 bits per heavy atom. The van der Waals surface area contributed by atoms with Gasteiger partial charge in [0, 0.05) is 11.1 Å². The summed E-state index contributed by atoms with van der Waals surface area (Å²) in [4.78, 5) is 4.58. The van der Waals surface area contributed by atoms with E-state index in [2.05, 4.69) is 54.5 Å². The quantitative estimate of drug-likeness (QED) is 0.826. The van der Waals surface area contributed by atoms with Gasteiger partial charge in [-0.15, -0.1) is 0 Å². The third-order valence-electron chi connectivity index (χ3n) is 3.02. The molecule has 0 saturated heterocycles. The topological polar surface area (TPSA) is 24.9 Å². The van der Waals surface area contributed by atoms with Crippen LogP contribution in [0, 0.1) is 6.92 Å². The number of pyridine rings is 1. The Hall–Kier alpha value is -1.67. The molecule has 2 nitrogen and oxygen atoms in total. The van der Waals surface area contributed by atoms with Crippen LogP contribution >= 0.6 is 0 Å². The molecule has 2 rings (SSSR count). The second-order valence-corrected chi connectivity index (χ2v) is 4.88. The minimum absolute atomic E-state index is 0.238. The summed E-state index contributed by atoms with van der Waals surface area (Å²) in [5.74, 6) is 0. The van der Waals surface area contributed by atoms with Gasteiger partial charge in [0.2, 0.25) is 0 Å². The van der Waals surface area contributed by atoms with Gasteiger partial charge in [-0.1, -0.05) is 29.8 Å². The third kappa shape index (κ3) is 2.59. The number of rotatable bonds is 3. The Labute approximate surface area is 109 Å². The second-order valence-electron chi connectivity index (χ2n) is 4.88. The SMILES string of the molecule is CNC(C=C(C)C)c1cc(C)nc2ccccc12. The lowest BCUT2D eigenvalue weighted by Crippen LogP contribution is -2.15. The summed E-state index contributed by atoms with van der Waals surface area (Å²) in [6.45, 7) is 6.30. The molecule has 2 aromatic rings. The minimum Gasteiger partial charge on any atom is -0.310 e. The zero-order valence-electron chi connectivity index (χ0n) is 11.5. The number of likely N-dealkylation sites (N-methyl/N-ethyl adjacent to an activating group) is 1. The first kappa shape index (κ1) is 12.8. The molecule has 0 aliphatic carbocycles. The minimum atomic E-state index is 0.238. The Bertz CT molecular complexity index is 581. The van der Waals surface area contributed by atoms with Gasteiger partial charge >= 0.3 is 0 Å². The van der Waals surface area contributed by atoms with Gasteiger partial charge in [0.15, 0.2) is 0 Å². The number of benzene rings is 1. The third-order valence-corrected chi connectivity index (χ3v) is 3.02. The van der Waals surface area contributed by atoms with Gasteiger partial charge in [-0.3, -0.25) is 4.98 Å². The van der Waals surface area contributed by atoms with Crippen molar-refractivity contribution < 1.29 is 0 Å². The molecular weight excluding hydrogens is 220 g/mol. The number of para-hydroxylation sites is 1. The highest BCUT2D eigenvalue weighted by atomic mass is 14.9. The molecule has 1 heterocycles. The Morgan fingerprint density at radius 2 is 2.00 bits per heavy atom. The largest absolute Gasteiger partial charge is 0.310 e. The molecule has 18 heavy (non-hydrogen) atoms. The van der Waals surface area contributed by atoms with E-state index in [0.29, 0.717) is 0 Å². The highest BCUT2D eigenvalue weighted by Gasteiger charge is 2.11. The molecule has 94 valence electrons. The first-order valence-electron chi connectivity index (χ1n) is 6.30. The van der Waals surface area contributed by atoms with Crippen LogP contribution in [-0.4, -0.2) is 12.0 Å². The van der Waals surface area contributed by atoms with E-state index in [0.717, 1.165) is 11.2 Å². The van der Waals surface area contributed by atoms with Crippen molar-refractivity contribution in [3.8, 4) is 0 Å². The van der Waals surface area contributed by atoms with Crippen LogP contribution < -0.4 is 5.32 Å². The summed E-state index contributed by atoms with van der Waals surface area (Å²) in [7, 11) is 1.99. The molecular formula is C16H20N2. The lowest BCUT2D eigenvalue weighted by atomic mass is 9.99. The average molecular weight is 240 g/mol. The lowest BCUT2D eigenvalue weighted by Gasteiger charge is -2.16. The van der Waals surface area contributed by atoms with E-state index in [1.807, 2.05) is 20.0 Å². The van der Waals surface area contributed by atoms with Crippen molar-refractivity contribution in [2.75, 3.05) is 7.05 Å². The Morgan fingerprint density at radius 3 is 2.67 bits per heavy atom. The standard InChI is InChI=1S/C16H20N2/c1-11(2)9-16(17-4)14-10-12(3)18-15-8-6-5-7-13(14)15/h5-10,16-17H,1-4H3. The molecule has 1 aromatic heterocycles. The van der Waals surface area contributed by atoms with Gasteiger partial charge in [-0.25, -0.2) is 0 Å². The predicted molar refractivity (Wildman–Crippen MR) is 77.7 cm³/mol. The van der Waals surface area contributed by atoms with Gasteiger partial charge in [-0.05, 0) is 45.5 Å². The fraction of sp³-hybridized carbons (Fsp3) is 0.312. The maximum Gasteiger partial charge on any atom is 0.0708 e. The van der Waals surface area contributed by atoms with Crippen molar-refractivity contribution in [3.63, 3.8) is 0 Å². The number of hydrogen-bond acceptors (Lipinski definition) is 2. The van der Waals surface area contributed by atoms with Crippen LogP contribution in [0.4, 0.5) is 0 Å². The molecule has 0 spiro atoms. The van der Waals surface area contributed by atoms with Crippen molar-refractivity contribution in [2.24, 2.45) is 0 Å². The van der Waals surface area contributed by atoms with Gasteiger partial charge in [0.25, 0.3) is 0 Å². The Balaban J connectivity index is 2.65. The molecule has 0 fully saturated rings. The molecule has 1 unspecified atom stereocenters.